The average Bonchev–Trinajstić information content (AvgIpc) is 1.95. The quantitative estimate of drug-likeness (QED) is 0.658. The van der Waals surface area contributed by atoms with Crippen LogP contribution in [-0.4, -0.2) is 50.3 Å². The molecule has 1 atom stereocenters. The second-order valence-corrected chi connectivity index (χ2v) is 5.08. The zero-order valence-electron chi connectivity index (χ0n) is 10.6. The van der Waals surface area contributed by atoms with Gasteiger partial charge in [0.1, 0.15) is 0 Å². The van der Waals surface area contributed by atoms with E-state index in [1.165, 1.54) is 0 Å². The van der Waals surface area contributed by atoms with Gasteiger partial charge in [-0.25, -0.2) is 0 Å². The minimum absolute atomic E-state index is 0.0214. The van der Waals surface area contributed by atoms with E-state index in [0.717, 1.165) is 19.7 Å². The Bertz CT molecular complexity index is 141. The van der Waals surface area contributed by atoms with Crippen LogP contribution in [-0.2, 0) is 4.74 Å². The van der Waals surface area contributed by atoms with E-state index in [1.54, 1.807) is 0 Å². The molecule has 3 heteroatoms. The van der Waals surface area contributed by atoms with Gasteiger partial charge in [-0.3, -0.25) is 0 Å². The van der Waals surface area contributed by atoms with Crippen LogP contribution in [0.25, 0.3) is 0 Å². The predicted octanol–water partition coefficient (Wildman–Crippen LogP) is 1.34. The van der Waals surface area contributed by atoms with E-state index < -0.39 is 0 Å². The van der Waals surface area contributed by atoms with Crippen LogP contribution in [0.5, 0.6) is 0 Å². The molecular formula is C11H26N2O. The van der Waals surface area contributed by atoms with Gasteiger partial charge in [0.2, 0.25) is 0 Å². The summed E-state index contributed by atoms with van der Waals surface area (Å²) in [5.41, 5.74) is -0.0214. The predicted molar refractivity (Wildman–Crippen MR) is 61.7 cm³/mol. The zero-order chi connectivity index (χ0) is 11.2. The smallest absolute Gasteiger partial charge is 0.0599 e. The zero-order valence-corrected chi connectivity index (χ0v) is 10.6. The number of ether oxygens (including phenoxy) is 1. The van der Waals surface area contributed by atoms with Crippen LogP contribution >= 0.6 is 0 Å². The van der Waals surface area contributed by atoms with Gasteiger partial charge in [0.25, 0.3) is 0 Å². The second kappa shape index (κ2) is 6.38. The van der Waals surface area contributed by atoms with Gasteiger partial charge in [0, 0.05) is 19.1 Å². The first-order chi connectivity index (χ1) is 6.31. The fraction of sp³-hybridized carbons (Fsp3) is 1.00. The molecule has 0 aliphatic carbocycles. The van der Waals surface area contributed by atoms with Gasteiger partial charge in [-0.05, 0) is 41.8 Å². The van der Waals surface area contributed by atoms with Gasteiger partial charge in [-0.2, -0.15) is 0 Å². The molecule has 0 radical (unpaired) electrons. The molecule has 0 aromatic rings. The summed E-state index contributed by atoms with van der Waals surface area (Å²) >= 11 is 0. The van der Waals surface area contributed by atoms with Crippen molar-refractivity contribution in [3.63, 3.8) is 0 Å². The van der Waals surface area contributed by atoms with Crippen LogP contribution in [0, 0.1) is 0 Å². The lowest BCUT2D eigenvalue weighted by molar-refractivity contribution is -0.00166. The maximum Gasteiger partial charge on any atom is 0.0599 e. The molecule has 0 aliphatic rings. The van der Waals surface area contributed by atoms with Gasteiger partial charge < -0.3 is 15.0 Å². The van der Waals surface area contributed by atoms with E-state index in [1.807, 2.05) is 0 Å². The van der Waals surface area contributed by atoms with Gasteiger partial charge in [0.05, 0.1) is 12.2 Å². The Kier molecular flexibility index (Phi) is 6.33. The summed E-state index contributed by atoms with van der Waals surface area (Å²) in [7, 11) is 4.17. The summed E-state index contributed by atoms with van der Waals surface area (Å²) in [6.07, 6.45) is 0. The van der Waals surface area contributed by atoms with Gasteiger partial charge >= 0.3 is 0 Å². The third kappa shape index (κ3) is 9.96. The highest BCUT2D eigenvalue weighted by atomic mass is 16.5. The first-order valence-electron chi connectivity index (χ1n) is 5.33. The Morgan fingerprint density at radius 2 is 1.86 bits per heavy atom. The lowest BCUT2D eigenvalue weighted by atomic mass is 10.2. The molecule has 86 valence electrons. The molecule has 0 aromatic heterocycles. The van der Waals surface area contributed by atoms with E-state index in [2.05, 4.69) is 52.0 Å². The molecule has 0 saturated heterocycles. The summed E-state index contributed by atoms with van der Waals surface area (Å²) < 4.78 is 5.61. The van der Waals surface area contributed by atoms with Crippen LogP contribution in [0.3, 0.4) is 0 Å². The maximum atomic E-state index is 5.61. The Labute approximate surface area is 88.8 Å². The van der Waals surface area contributed by atoms with Crippen molar-refractivity contribution < 1.29 is 4.74 Å². The summed E-state index contributed by atoms with van der Waals surface area (Å²) in [5.74, 6) is 0. The minimum Gasteiger partial charge on any atom is -0.375 e. The van der Waals surface area contributed by atoms with E-state index in [9.17, 15) is 0 Å². The first kappa shape index (κ1) is 13.9. The fourth-order valence-electron chi connectivity index (χ4n) is 1.27. The third-order valence-corrected chi connectivity index (χ3v) is 1.77. The number of hydrogen-bond donors (Lipinski definition) is 1. The Balaban J connectivity index is 3.36. The molecular weight excluding hydrogens is 176 g/mol. The molecule has 14 heavy (non-hydrogen) atoms. The molecule has 0 bridgehead atoms. The molecule has 0 heterocycles. The number of nitrogens with zero attached hydrogens (tertiary/aromatic N) is 1. The fourth-order valence-corrected chi connectivity index (χ4v) is 1.27. The van der Waals surface area contributed by atoms with E-state index in [4.69, 9.17) is 4.74 Å². The molecule has 0 spiro atoms. The number of likely N-dealkylation sites (N-methyl/N-ethyl adjacent to an activating group) is 1. The summed E-state index contributed by atoms with van der Waals surface area (Å²) in [4.78, 5) is 2.18. The van der Waals surface area contributed by atoms with Crippen LogP contribution in [0.4, 0.5) is 0 Å². The van der Waals surface area contributed by atoms with Crippen molar-refractivity contribution >= 4 is 0 Å². The monoisotopic (exact) mass is 202 g/mol. The molecule has 0 saturated carbocycles. The summed E-state index contributed by atoms with van der Waals surface area (Å²) in [6, 6.07) is 0.522. The van der Waals surface area contributed by atoms with E-state index >= 15 is 0 Å². The van der Waals surface area contributed by atoms with Gasteiger partial charge in [-0.15, -0.1) is 0 Å². The molecule has 1 N–H and O–H groups in total. The van der Waals surface area contributed by atoms with Crippen molar-refractivity contribution in [3.8, 4) is 0 Å². The molecule has 3 nitrogen and oxygen atoms in total. The molecule has 0 rings (SSSR count). The highest BCUT2D eigenvalue weighted by Gasteiger charge is 2.09. The van der Waals surface area contributed by atoms with E-state index in [-0.39, 0.29) is 5.60 Å². The van der Waals surface area contributed by atoms with Crippen LogP contribution < -0.4 is 5.32 Å². The highest BCUT2D eigenvalue weighted by molar-refractivity contribution is 4.64. The molecule has 0 aromatic carbocycles. The molecule has 0 aliphatic heterocycles. The standard InChI is InChI=1S/C11H26N2O/c1-10(9-13(5)6)12-7-8-14-11(2,3)4/h10,12H,7-9H2,1-6H3. The Hall–Kier alpha value is -0.120. The molecule has 0 amide bonds. The van der Waals surface area contributed by atoms with Crippen molar-refractivity contribution in [2.75, 3.05) is 33.8 Å². The largest absolute Gasteiger partial charge is 0.375 e. The van der Waals surface area contributed by atoms with Crippen molar-refractivity contribution in [1.82, 2.24) is 10.2 Å². The van der Waals surface area contributed by atoms with Gasteiger partial charge in [-0.1, -0.05) is 0 Å². The Morgan fingerprint density at radius 1 is 1.29 bits per heavy atom. The lowest BCUT2D eigenvalue weighted by Gasteiger charge is -2.22. The normalized spacial score (nSPS) is 14.8. The minimum atomic E-state index is -0.0214. The molecule has 0 fully saturated rings. The Morgan fingerprint density at radius 3 is 2.29 bits per heavy atom. The van der Waals surface area contributed by atoms with Crippen LogP contribution in [0.15, 0.2) is 0 Å². The van der Waals surface area contributed by atoms with Crippen molar-refractivity contribution in [3.05, 3.63) is 0 Å². The maximum absolute atomic E-state index is 5.61. The van der Waals surface area contributed by atoms with Gasteiger partial charge in [0.15, 0.2) is 0 Å². The number of nitrogens with one attached hydrogen (secondary N) is 1. The lowest BCUT2D eigenvalue weighted by Crippen LogP contribution is -2.38. The van der Waals surface area contributed by atoms with Crippen LogP contribution in [0.2, 0.25) is 0 Å². The third-order valence-electron chi connectivity index (χ3n) is 1.77. The summed E-state index contributed by atoms with van der Waals surface area (Å²) in [5, 5.41) is 3.42. The van der Waals surface area contributed by atoms with E-state index in [0.29, 0.717) is 6.04 Å². The topological polar surface area (TPSA) is 24.5 Å². The van der Waals surface area contributed by atoms with Crippen molar-refractivity contribution in [2.45, 2.75) is 39.3 Å². The second-order valence-electron chi connectivity index (χ2n) is 5.08. The van der Waals surface area contributed by atoms with Crippen molar-refractivity contribution in [2.24, 2.45) is 0 Å². The summed E-state index contributed by atoms with van der Waals surface area (Å²) in [6.45, 7) is 11.2. The number of hydrogen-bond acceptors (Lipinski definition) is 3. The SMILES string of the molecule is CC(CN(C)C)NCCOC(C)(C)C. The van der Waals surface area contributed by atoms with Crippen LogP contribution in [0.1, 0.15) is 27.7 Å². The molecule has 1 unspecified atom stereocenters. The first-order valence-corrected chi connectivity index (χ1v) is 5.33. The van der Waals surface area contributed by atoms with Crippen molar-refractivity contribution in [1.29, 1.82) is 0 Å². The highest BCUT2D eigenvalue weighted by Crippen LogP contribution is 2.05. The number of rotatable bonds is 6. The average molecular weight is 202 g/mol.